The van der Waals surface area contributed by atoms with Crippen molar-refractivity contribution in [2.24, 2.45) is 0 Å². The van der Waals surface area contributed by atoms with Gasteiger partial charge in [0.1, 0.15) is 24.9 Å². The molecule has 420 valence electrons. The summed E-state index contributed by atoms with van der Waals surface area (Å²) in [5, 5.41) is 44.0. The fourth-order valence-electron chi connectivity index (χ4n) is 9.07. The summed E-state index contributed by atoms with van der Waals surface area (Å²) in [7, 11) is 0. The lowest BCUT2D eigenvalue weighted by Gasteiger charge is -2.44. The molecule has 16 nitrogen and oxygen atoms in total. The van der Waals surface area contributed by atoms with Crippen molar-refractivity contribution in [1.82, 2.24) is 5.32 Å². The summed E-state index contributed by atoms with van der Waals surface area (Å²) in [5.41, 5.74) is 0. The largest absolute Gasteiger partial charge is 0.481 e. The average molecular weight is 1030 g/mol. The molecule has 72 heavy (non-hydrogen) atoms. The van der Waals surface area contributed by atoms with Crippen molar-refractivity contribution in [2.45, 2.75) is 308 Å². The maximum absolute atomic E-state index is 13.5. The molecule has 1 rings (SSSR count). The third-order valence-electron chi connectivity index (χ3n) is 13.5. The molecule has 0 aromatic rings. The van der Waals surface area contributed by atoms with Crippen LogP contribution in [0.4, 0.5) is 0 Å². The number of unbranched alkanes of at least 4 members (excludes halogenated alkanes) is 30. The number of hydrogen-bond acceptors (Lipinski definition) is 13. The maximum atomic E-state index is 13.5. The number of carbonyl (C=O) groups is 6. The summed E-state index contributed by atoms with van der Waals surface area (Å²) >= 11 is 0. The van der Waals surface area contributed by atoms with E-state index in [1.165, 1.54) is 116 Å². The van der Waals surface area contributed by atoms with Gasteiger partial charge in [-0.25, -0.2) is 4.79 Å². The van der Waals surface area contributed by atoms with Crippen molar-refractivity contribution in [3.63, 3.8) is 0 Å². The van der Waals surface area contributed by atoms with Gasteiger partial charge in [0, 0.05) is 19.3 Å². The van der Waals surface area contributed by atoms with E-state index in [1.807, 2.05) is 0 Å². The van der Waals surface area contributed by atoms with E-state index < -0.39 is 105 Å². The molecule has 0 saturated carbocycles. The van der Waals surface area contributed by atoms with Gasteiger partial charge in [-0.1, -0.05) is 213 Å². The van der Waals surface area contributed by atoms with Crippen molar-refractivity contribution in [3.8, 4) is 0 Å². The molecule has 0 spiro atoms. The van der Waals surface area contributed by atoms with Crippen LogP contribution in [0, 0.1) is 0 Å². The van der Waals surface area contributed by atoms with Crippen molar-refractivity contribution in [1.29, 1.82) is 0 Å². The van der Waals surface area contributed by atoms with Crippen LogP contribution in [-0.2, 0) is 52.5 Å². The van der Waals surface area contributed by atoms with Crippen molar-refractivity contribution < 1.29 is 72.9 Å². The third-order valence-corrected chi connectivity index (χ3v) is 13.5. The number of ether oxygens (including phenoxy) is 5. The van der Waals surface area contributed by atoms with Gasteiger partial charge in [-0.3, -0.25) is 24.0 Å². The number of carboxylic acid groups (broad SMARTS) is 2. The molecule has 0 bridgehead atoms. The lowest BCUT2D eigenvalue weighted by atomic mass is 9.96. The molecule has 16 heteroatoms. The Kier molecular flexibility index (Phi) is 41.8. The van der Waals surface area contributed by atoms with Gasteiger partial charge in [0.15, 0.2) is 12.4 Å². The fraction of sp³-hybridized carbons (Fsp3) is 0.893. The van der Waals surface area contributed by atoms with Gasteiger partial charge in [0.05, 0.1) is 25.6 Å². The highest BCUT2D eigenvalue weighted by Crippen LogP contribution is 2.28. The summed E-state index contributed by atoms with van der Waals surface area (Å²) in [6, 6.07) is -1.37. The van der Waals surface area contributed by atoms with E-state index in [0.717, 1.165) is 77.0 Å². The van der Waals surface area contributed by atoms with Crippen LogP contribution in [0.25, 0.3) is 0 Å². The van der Waals surface area contributed by atoms with Crippen LogP contribution in [0.1, 0.15) is 265 Å². The molecule has 1 aliphatic heterocycles. The SMILES string of the molecule is CCCCCCCCCCCCCC(=O)N[C@H]1[C@@H](OC(CO)CC(=O)O)O[C@H](COC(=O)C[C@H](OC(=O)CCCCCCCCCCCCC)C(=O)O)[C@@H](O)[C@@H]1OC(=O)CCCCCCCCCCCCC. The van der Waals surface area contributed by atoms with Gasteiger partial charge in [-0.05, 0) is 19.3 Å². The molecule has 0 aromatic heterocycles. The molecular weight excluding hydrogens is 927 g/mol. The minimum atomic E-state index is -1.84. The molecule has 5 N–H and O–H groups in total. The molecule has 0 radical (unpaired) electrons. The molecule has 1 aliphatic rings. The highest BCUT2D eigenvalue weighted by atomic mass is 16.7. The number of aliphatic hydroxyl groups excluding tert-OH is 2. The number of hydrogen-bond donors (Lipinski definition) is 5. The average Bonchev–Trinajstić information content (AvgIpc) is 3.34. The standard InChI is InChI=1S/C56H101NO15/c1-4-7-10-13-16-19-22-25-28-31-34-37-47(59)57-52-54(72-50(63)39-36-33-30-27-24-21-18-15-12-9-6-3)53(65)46(71-56(52)69-44(42-58)40-48(60)61)43-68-51(64)41-45(55(66)67)70-49(62)38-35-32-29-26-23-20-17-14-11-8-5-2/h44-46,52-54,56,58,65H,4-43H2,1-3H3,(H,57,59)(H,60,61)(H,66,67)/t44?,45-,46+,52+,53+,54+,56-/m0/s1. The molecular formula is C56H101NO15. The van der Waals surface area contributed by atoms with Gasteiger partial charge in [0.25, 0.3) is 0 Å². The molecule has 7 atom stereocenters. The van der Waals surface area contributed by atoms with Crippen LogP contribution >= 0.6 is 0 Å². The lowest BCUT2D eigenvalue weighted by molar-refractivity contribution is -0.288. The van der Waals surface area contributed by atoms with Crippen molar-refractivity contribution >= 4 is 35.8 Å². The highest BCUT2D eigenvalue weighted by Gasteiger charge is 2.50. The Bertz CT molecular complexity index is 1410. The van der Waals surface area contributed by atoms with Crippen LogP contribution in [0.3, 0.4) is 0 Å². The second kappa shape index (κ2) is 45.1. The van der Waals surface area contributed by atoms with E-state index in [-0.39, 0.29) is 19.3 Å². The third kappa shape index (κ3) is 35.0. The predicted molar refractivity (Wildman–Crippen MR) is 277 cm³/mol. The van der Waals surface area contributed by atoms with Crippen molar-refractivity contribution in [3.05, 3.63) is 0 Å². The summed E-state index contributed by atoms with van der Waals surface area (Å²) < 4.78 is 28.3. The van der Waals surface area contributed by atoms with E-state index in [2.05, 4.69) is 26.1 Å². The van der Waals surface area contributed by atoms with Crippen LogP contribution in [0.15, 0.2) is 0 Å². The Morgan fingerprint density at radius 1 is 0.528 bits per heavy atom. The van der Waals surface area contributed by atoms with Crippen LogP contribution in [0.2, 0.25) is 0 Å². The normalized spacial score (nSPS) is 18.5. The van der Waals surface area contributed by atoms with Crippen LogP contribution in [0.5, 0.6) is 0 Å². The monoisotopic (exact) mass is 1030 g/mol. The number of nitrogens with one attached hydrogen (secondary N) is 1. The molecule has 1 heterocycles. The number of carbonyl (C=O) groups excluding carboxylic acids is 4. The summed E-state index contributed by atoms with van der Waals surface area (Å²) in [4.78, 5) is 76.4. The van der Waals surface area contributed by atoms with Crippen LogP contribution in [-0.4, -0.2) is 112 Å². The number of carboxylic acids is 2. The lowest BCUT2D eigenvalue weighted by Crippen LogP contribution is -2.66. The maximum Gasteiger partial charge on any atom is 0.345 e. The molecule has 1 amide bonds. The topological polar surface area (TPSA) is 242 Å². The first-order valence-corrected chi connectivity index (χ1v) is 28.7. The van der Waals surface area contributed by atoms with Gasteiger partial charge >= 0.3 is 29.8 Å². The van der Waals surface area contributed by atoms with Gasteiger partial charge < -0.3 is 49.4 Å². The first kappa shape index (κ1) is 66.7. The first-order valence-electron chi connectivity index (χ1n) is 28.7. The van der Waals surface area contributed by atoms with E-state index in [4.69, 9.17) is 23.7 Å². The highest BCUT2D eigenvalue weighted by molar-refractivity contribution is 5.83. The molecule has 0 aromatic carbocycles. The van der Waals surface area contributed by atoms with E-state index in [9.17, 15) is 49.2 Å². The predicted octanol–water partition coefficient (Wildman–Crippen LogP) is 11.4. The van der Waals surface area contributed by atoms with Gasteiger partial charge in [0.2, 0.25) is 12.0 Å². The molecule has 1 fully saturated rings. The zero-order chi connectivity index (χ0) is 53.0. The van der Waals surface area contributed by atoms with E-state index >= 15 is 0 Å². The Morgan fingerprint density at radius 2 is 0.931 bits per heavy atom. The van der Waals surface area contributed by atoms with Gasteiger partial charge in [-0.15, -0.1) is 0 Å². The summed E-state index contributed by atoms with van der Waals surface area (Å²) in [6.07, 6.45) is 24.7. The molecule has 1 saturated heterocycles. The quantitative estimate of drug-likeness (QED) is 0.0216. The smallest absolute Gasteiger partial charge is 0.345 e. The first-order chi connectivity index (χ1) is 34.9. The Morgan fingerprint density at radius 3 is 1.33 bits per heavy atom. The van der Waals surface area contributed by atoms with Gasteiger partial charge in [-0.2, -0.15) is 0 Å². The van der Waals surface area contributed by atoms with E-state index in [1.54, 1.807) is 0 Å². The Balaban J connectivity index is 3.02. The van der Waals surface area contributed by atoms with Crippen LogP contribution < -0.4 is 5.32 Å². The number of aliphatic carboxylic acids is 2. The molecule has 1 unspecified atom stereocenters. The van der Waals surface area contributed by atoms with E-state index in [0.29, 0.717) is 19.3 Å². The number of rotatable bonds is 49. The number of esters is 3. The second-order valence-electron chi connectivity index (χ2n) is 20.2. The molecule has 0 aliphatic carbocycles. The number of amides is 1. The number of aliphatic hydroxyl groups is 2. The second-order valence-corrected chi connectivity index (χ2v) is 20.2. The summed E-state index contributed by atoms with van der Waals surface area (Å²) in [6.45, 7) is 5.12. The minimum Gasteiger partial charge on any atom is -0.481 e. The zero-order valence-electron chi connectivity index (χ0n) is 45.1. The fourth-order valence-corrected chi connectivity index (χ4v) is 9.07. The zero-order valence-corrected chi connectivity index (χ0v) is 45.1. The summed E-state index contributed by atoms with van der Waals surface area (Å²) in [5.74, 6) is -5.81. The van der Waals surface area contributed by atoms with Crippen molar-refractivity contribution in [2.75, 3.05) is 13.2 Å². The Labute approximate surface area is 433 Å². The Hall–Kier alpha value is -3.34. The minimum absolute atomic E-state index is 0.00751.